The number of methoxy groups -OCH3 is 1. The van der Waals surface area contributed by atoms with Crippen molar-refractivity contribution in [2.45, 2.75) is 6.54 Å². The van der Waals surface area contributed by atoms with E-state index in [4.69, 9.17) is 27.9 Å². The lowest BCUT2D eigenvalue weighted by Crippen LogP contribution is -2.23. The van der Waals surface area contributed by atoms with Crippen molar-refractivity contribution in [1.82, 2.24) is 9.55 Å². The number of ketones is 1. The van der Waals surface area contributed by atoms with E-state index in [9.17, 15) is 14.0 Å². The number of benzene rings is 2. The number of nitrogens with zero attached hydrogens (tertiary/aromatic N) is 2. The molecule has 2 aromatic heterocycles. The predicted molar refractivity (Wildman–Crippen MR) is 121 cm³/mol. The molecule has 0 bridgehead atoms. The number of carbonyl (C=O) groups is 2. The first-order valence-corrected chi connectivity index (χ1v) is 10.2. The van der Waals surface area contributed by atoms with Crippen LogP contribution >= 0.6 is 23.2 Å². The molecule has 4 rings (SSSR count). The molecule has 32 heavy (non-hydrogen) atoms. The van der Waals surface area contributed by atoms with Crippen LogP contribution in [0, 0.1) is 5.82 Å². The standard InChI is InChI=1S/C23H16Cl2FN3O3/c1-32-15-5-2-13(3-6-15)11-29-12-17(16-8-14(26)4-7-20(16)29)22(30)23(31)28-21-18(24)9-27-10-19(21)25/h2-10,12H,11H2,1H3,(H,27,28,31). The van der Waals surface area contributed by atoms with Crippen molar-refractivity contribution >= 4 is 51.5 Å². The molecule has 9 heteroatoms. The van der Waals surface area contributed by atoms with E-state index in [2.05, 4.69) is 10.3 Å². The smallest absolute Gasteiger partial charge is 0.296 e. The molecule has 1 amide bonds. The average Bonchev–Trinajstić information content (AvgIpc) is 3.13. The van der Waals surface area contributed by atoms with Gasteiger partial charge in [-0.25, -0.2) is 4.39 Å². The summed E-state index contributed by atoms with van der Waals surface area (Å²) in [7, 11) is 1.58. The first-order chi connectivity index (χ1) is 15.4. The van der Waals surface area contributed by atoms with E-state index < -0.39 is 17.5 Å². The van der Waals surface area contributed by atoms with Crippen molar-refractivity contribution in [2.75, 3.05) is 12.4 Å². The van der Waals surface area contributed by atoms with E-state index in [-0.39, 0.29) is 21.3 Å². The minimum Gasteiger partial charge on any atom is -0.497 e. The summed E-state index contributed by atoms with van der Waals surface area (Å²) in [6.45, 7) is 0.406. The van der Waals surface area contributed by atoms with Gasteiger partial charge >= 0.3 is 0 Å². The van der Waals surface area contributed by atoms with Gasteiger partial charge in [-0.3, -0.25) is 14.6 Å². The van der Waals surface area contributed by atoms with Crippen LogP contribution in [-0.2, 0) is 11.3 Å². The van der Waals surface area contributed by atoms with Gasteiger partial charge in [-0.1, -0.05) is 35.3 Å². The Hall–Kier alpha value is -3.42. The molecule has 0 saturated heterocycles. The Bertz CT molecular complexity index is 1320. The summed E-state index contributed by atoms with van der Waals surface area (Å²) in [5.41, 5.74) is 1.69. The normalized spacial score (nSPS) is 10.9. The van der Waals surface area contributed by atoms with Gasteiger partial charge in [0.25, 0.3) is 11.7 Å². The third-order valence-corrected chi connectivity index (χ3v) is 5.47. The van der Waals surface area contributed by atoms with Crippen molar-refractivity contribution in [3.63, 3.8) is 0 Å². The van der Waals surface area contributed by atoms with Crippen molar-refractivity contribution in [2.24, 2.45) is 0 Å². The lowest BCUT2D eigenvalue weighted by Gasteiger charge is -2.07. The number of hydrogen-bond acceptors (Lipinski definition) is 4. The third-order valence-electron chi connectivity index (χ3n) is 4.90. The fraction of sp³-hybridized carbons (Fsp3) is 0.0870. The molecule has 0 saturated carbocycles. The molecule has 2 aromatic carbocycles. The van der Waals surface area contributed by atoms with Gasteiger partial charge in [0.15, 0.2) is 0 Å². The summed E-state index contributed by atoms with van der Waals surface area (Å²) in [4.78, 5) is 29.5. The monoisotopic (exact) mass is 471 g/mol. The lowest BCUT2D eigenvalue weighted by molar-refractivity contribution is -0.112. The summed E-state index contributed by atoms with van der Waals surface area (Å²) in [5, 5.41) is 2.92. The Labute approximate surface area is 192 Å². The average molecular weight is 472 g/mol. The Morgan fingerprint density at radius 1 is 1.09 bits per heavy atom. The maximum absolute atomic E-state index is 14.0. The zero-order valence-electron chi connectivity index (χ0n) is 16.7. The fourth-order valence-electron chi connectivity index (χ4n) is 3.33. The number of amides is 1. The van der Waals surface area contributed by atoms with Crippen LogP contribution in [0.1, 0.15) is 15.9 Å². The van der Waals surface area contributed by atoms with Gasteiger partial charge in [-0.15, -0.1) is 0 Å². The Balaban J connectivity index is 1.69. The van der Waals surface area contributed by atoms with E-state index in [1.807, 2.05) is 24.3 Å². The molecule has 0 aliphatic heterocycles. The second-order valence-corrected chi connectivity index (χ2v) is 7.76. The minimum atomic E-state index is -0.951. The number of ether oxygens (including phenoxy) is 1. The van der Waals surface area contributed by atoms with Gasteiger partial charge < -0.3 is 14.6 Å². The molecule has 6 nitrogen and oxygen atoms in total. The van der Waals surface area contributed by atoms with Gasteiger partial charge in [0.2, 0.25) is 0 Å². The molecule has 0 aliphatic rings. The molecule has 162 valence electrons. The summed E-state index contributed by atoms with van der Waals surface area (Å²) >= 11 is 12.0. The Kier molecular flexibility index (Phi) is 6.12. The number of carbonyl (C=O) groups excluding carboxylic acids is 2. The van der Waals surface area contributed by atoms with Crippen molar-refractivity contribution < 1.29 is 18.7 Å². The highest BCUT2D eigenvalue weighted by molar-refractivity contribution is 6.50. The fourth-order valence-corrected chi connectivity index (χ4v) is 3.79. The first kappa shape index (κ1) is 21.8. The molecule has 0 fully saturated rings. The Morgan fingerprint density at radius 2 is 1.78 bits per heavy atom. The van der Waals surface area contributed by atoms with E-state index in [1.165, 1.54) is 30.7 Å². The number of rotatable bonds is 6. The molecular formula is C23H16Cl2FN3O3. The molecule has 0 unspecified atom stereocenters. The molecule has 1 N–H and O–H groups in total. The zero-order valence-corrected chi connectivity index (χ0v) is 18.2. The maximum Gasteiger partial charge on any atom is 0.296 e. The van der Waals surface area contributed by atoms with Gasteiger partial charge in [0, 0.05) is 36.0 Å². The van der Waals surface area contributed by atoms with Crippen LogP contribution in [0.15, 0.2) is 61.1 Å². The first-order valence-electron chi connectivity index (χ1n) is 9.43. The zero-order chi connectivity index (χ0) is 22.8. The van der Waals surface area contributed by atoms with Gasteiger partial charge in [0.1, 0.15) is 11.6 Å². The molecule has 4 aromatic rings. The van der Waals surface area contributed by atoms with E-state index in [1.54, 1.807) is 17.7 Å². The van der Waals surface area contributed by atoms with Crippen molar-refractivity contribution in [3.8, 4) is 5.75 Å². The number of hydrogen-bond donors (Lipinski definition) is 1. The molecule has 2 heterocycles. The largest absolute Gasteiger partial charge is 0.497 e. The van der Waals surface area contributed by atoms with Gasteiger partial charge in [-0.2, -0.15) is 0 Å². The number of anilines is 1. The van der Waals surface area contributed by atoms with E-state index in [0.29, 0.717) is 23.2 Å². The topological polar surface area (TPSA) is 73.2 Å². The van der Waals surface area contributed by atoms with Crippen LogP contribution in [0.4, 0.5) is 10.1 Å². The summed E-state index contributed by atoms with van der Waals surface area (Å²) in [6.07, 6.45) is 4.12. The number of Topliss-reactive ketones (excluding diaryl/α,β-unsaturated/α-hetero) is 1. The van der Waals surface area contributed by atoms with Gasteiger partial charge in [-0.05, 0) is 35.9 Å². The van der Waals surface area contributed by atoms with Crippen LogP contribution < -0.4 is 10.1 Å². The third kappa shape index (κ3) is 4.30. The van der Waals surface area contributed by atoms with Crippen molar-refractivity contribution in [3.05, 3.63) is 88.0 Å². The molecule has 0 radical (unpaired) electrons. The number of halogens is 3. The Morgan fingerprint density at radius 3 is 2.44 bits per heavy atom. The van der Waals surface area contributed by atoms with Crippen LogP contribution in [0.2, 0.25) is 10.0 Å². The number of pyridine rings is 1. The van der Waals surface area contributed by atoms with Crippen LogP contribution in [0.25, 0.3) is 10.9 Å². The predicted octanol–water partition coefficient (Wildman–Crippen LogP) is 5.36. The summed E-state index contributed by atoms with van der Waals surface area (Å²) in [5.74, 6) is -1.60. The lowest BCUT2D eigenvalue weighted by atomic mass is 10.1. The number of aromatic nitrogens is 2. The second-order valence-electron chi connectivity index (χ2n) is 6.94. The van der Waals surface area contributed by atoms with Crippen LogP contribution in [-0.4, -0.2) is 28.4 Å². The summed E-state index contributed by atoms with van der Waals surface area (Å²) < 4.78 is 20.9. The van der Waals surface area contributed by atoms with Crippen LogP contribution in [0.3, 0.4) is 0 Å². The highest BCUT2D eigenvalue weighted by atomic mass is 35.5. The maximum atomic E-state index is 14.0. The van der Waals surface area contributed by atoms with E-state index >= 15 is 0 Å². The summed E-state index contributed by atoms with van der Waals surface area (Å²) in [6, 6.07) is 11.5. The quantitative estimate of drug-likeness (QED) is 0.303. The number of nitrogens with one attached hydrogen (secondary N) is 1. The molecule has 0 spiro atoms. The van der Waals surface area contributed by atoms with Crippen LogP contribution in [0.5, 0.6) is 5.75 Å². The molecule has 0 atom stereocenters. The number of fused-ring (bicyclic) bond motifs is 1. The molecular weight excluding hydrogens is 456 g/mol. The highest BCUT2D eigenvalue weighted by Crippen LogP contribution is 2.30. The minimum absolute atomic E-state index is 0.0619. The highest BCUT2D eigenvalue weighted by Gasteiger charge is 2.24. The van der Waals surface area contributed by atoms with Gasteiger partial charge in [0.05, 0.1) is 28.4 Å². The van der Waals surface area contributed by atoms with E-state index in [0.717, 1.165) is 5.56 Å². The SMILES string of the molecule is COc1ccc(Cn2cc(C(=O)C(=O)Nc3c(Cl)cncc3Cl)c3cc(F)ccc32)cc1. The second kappa shape index (κ2) is 8.98. The van der Waals surface area contributed by atoms with Crippen molar-refractivity contribution in [1.29, 1.82) is 0 Å². The molecule has 0 aliphatic carbocycles.